The highest BCUT2D eigenvalue weighted by atomic mass is 32.1. The normalized spacial score (nSPS) is 18.5. The zero-order chi connectivity index (χ0) is 17.8. The number of ether oxygens (including phenoxy) is 2. The third-order valence-electron chi connectivity index (χ3n) is 4.06. The van der Waals surface area contributed by atoms with Gasteiger partial charge in [0.15, 0.2) is 5.13 Å². The Morgan fingerprint density at radius 1 is 1.40 bits per heavy atom. The van der Waals surface area contributed by atoms with Gasteiger partial charge in [-0.05, 0) is 37.0 Å². The maximum Gasteiger partial charge on any atom is 0.311 e. The van der Waals surface area contributed by atoms with Crippen molar-refractivity contribution in [2.75, 3.05) is 19.0 Å². The summed E-state index contributed by atoms with van der Waals surface area (Å²) in [6.07, 6.45) is 0.941. The molecule has 1 aromatic heterocycles. The van der Waals surface area contributed by atoms with E-state index in [1.807, 2.05) is 24.3 Å². The molecule has 7 heteroatoms. The number of benzene rings is 1. The van der Waals surface area contributed by atoms with E-state index in [0.29, 0.717) is 17.4 Å². The maximum atomic E-state index is 12.4. The number of carbonyl (C=O) groups is 2. The molecule has 132 valence electrons. The molecule has 2 unspecified atom stereocenters. The number of hydrogen-bond acceptors (Lipinski definition) is 6. The molecule has 1 amide bonds. The lowest BCUT2D eigenvalue weighted by Crippen LogP contribution is -2.14. The van der Waals surface area contributed by atoms with Gasteiger partial charge in [0, 0.05) is 11.3 Å². The molecule has 1 aromatic carbocycles. The molecular weight excluding hydrogens is 340 g/mol. The zero-order valence-electron chi connectivity index (χ0n) is 14.2. The summed E-state index contributed by atoms with van der Waals surface area (Å²) in [5.41, 5.74) is 1.72. The number of nitrogens with one attached hydrogen (secondary N) is 1. The van der Waals surface area contributed by atoms with Crippen LogP contribution in [-0.2, 0) is 20.7 Å². The summed E-state index contributed by atoms with van der Waals surface area (Å²) in [4.78, 5) is 28.1. The molecular formula is C18H20N2O4S. The van der Waals surface area contributed by atoms with Gasteiger partial charge in [0.1, 0.15) is 5.75 Å². The first-order chi connectivity index (χ1) is 12.1. The molecule has 0 radical (unpaired) electrons. The number of amides is 1. The number of esters is 1. The molecule has 1 aliphatic carbocycles. The Balaban J connectivity index is 1.55. The van der Waals surface area contributed by atoms with Crippen LogP contribution in [-0.4, -0.2) is 30.6 Å². The van der Waals surface area contributed by atoms with E-state index < -0.39 is 0 Å². The van der Waals surface area contributed by atoms with Crippen LogP contribution in [0.2, 0.25) is 0 Å². The average Bonchev–Trinajstić information content (AvgIpc) is 3.30. The van der Waals surface area contributed by atoms with Crippen LogP contribution in [0.5, 0.6) is 5.75 Å². The van der Waals surface area contributed by atoms with Crippen molar-refractivity contribution in [3.8, 4) is 5.75 Å². The summed E-state index contributed by atoms with van der Waals surface area (Å²) in [5.74, 6) is 0.612. The van der Waals surface area contributed by atoms with Gasteiger partial charge < -0.3 is 14.8 Å². The van der Waals surface area contributed by atoms with Gasteiger partial charge in [0.05, 0.1) is 25.8 Å². The van der Waals surface area contributed by atoms with Crippen LogP contribution in [0.15, 0.2) is 29.6 Å². The van der Waals surface area contributed by atoms with Crippen LogP contribution in [0, 0.1) is 5.92 Å². The lowest BCUT2D eigenvalue weighted by Gasteiger charge is -2.04. The predicted molar refractivity (Wildman–Crippen MR) is 94.9 cm³/mol. The average molecular weight is 360 g/mol. The summed E-state index contributed by atoms with van der Waals surface area (Å²) < 4.78 is 10.1. The fourth-order valence-electron chi connectivity index (χ4n) is 2.73. The van der Waals surface area contributed by atoms with Crippen molar-refractivity contribution >= 4 is 28.3 Å². The van der Waals surface area contributed by atoms with Crippen molar-refractivity contribution in [1.82, 2.24) is 4.98 Å². The molecule has 2 aromatic rings. The maximum absolute atomic E-state index is 12.4. The van der Waals surface area contributed by atoms with Crippen molar-refractivity contribution in [2.24, 2.45) is 5.92 Å². The van der Waals surface area contributed by atoms with Crippen LogP contribution < -0.4 is 10.1 Å². The third kappa shape index (κ3) is 4.36. The number of rotatable bonds is 7. The molecule has 0 bridgehead atoms. The molecule has 3 rings (SSSR count). The van der Waals surface area contributed by atoms with Crippen molar-refractivity contribution in [3.63, 3.8) is 0 Å². The number of carbonyl (C=O) groups excluding carboxylic acids is 2. The number of methoxy groups -OCH3 is 1. The summed E-state index contributed by atoms with van der Waals surface area (Å²) >= 11 is 1.32. The van der Waals surface area contributed by atoms with Crippen molar-refractivity contribution in [1.29, 1.82) is 0 Å². The van der Waals surface area contributed by atoms with E-state index in [4.69, 9.17) is 9.47 Å². The molecule has 2 atom stereocenters. The Morgan fingerprint density at radius 3 is 3.00 bits per heavy atom. The number of anilines is 1. The number of aromatic nitrogens is 1. The lowest BCUT2D eigenvalue weighted by atomic mass is 10.1. The van der Waals surface area contributed by atoms with Crippen molar-refractivity contribution in [3.05, 3.63) is 40.9 Å². The van der Waals surface area contributed by atoms with Crippen LogP contribution >= 0.6 is 11.3 Å². The monoisotopic (exact) mass is 360 g/mol. The number of thiazole rings is 1. The second kappa shape index (κ2) is 7.65. The largest absolute Gasteiger partial charge is 0.497 e. The molecule has 1 fully saturated rings. The highest BCUT2D eigenvalue weighted by Gasteiger charge is 2.44. The highest BCUT2D eigenvalue weighted by Crippen LogP contribution is 2.48. The summed E-state index contributed by atoms with van der Waals surface area (Å²) in [7, 11) is 1.63. The SMILES string of the molecule is CCOC(=O)Cc1csc(NC(=O)C2CC2c2cccc(OC)c2)n1. The van der Waals surface area contributed by atoms with Gasteiger partial charge in [-0.3, -0.25) is 9.59 Å². The van der Waals surface area contributed by atoms with Crippen LogP contribution in [0.4, 0.5) is 5.13 Å². The van der Waals surface area contributed by atoms with Gasteiger partial charge in [0.2, 0.25) is 5.91 Å². The minimum atomic E-state index is -0.314. The molecule has 6 nitrogen and oxygen atoms in total. The molecule has 1 heterocycles. The van der Waals surface area contributed by atoms with E-state index in [9.17, 15) is 9.59 Å². The van der Waals surface area contributed by atoms with Gasteiger partial charge in [-0.2, -0.15) is 0 Å². The molecule has 1 aliphatic rings. The number of nitrogens with zero attached hydrogens (tertiary/aromatic N) is 1. The topological polar surface area (TPSA) is 77.5 Å². The first kappa shape index (κ1) is 17.4. The van der Waals surface area contributed by atoms with Gasteiger partial charge in [0.25, 0.3) is 0 Å². The third-order valence-corrected chi connectivity index (χ3v) is 4.87. The van der Waals surface area contributed by atoms with E-state index in [1.54, 1.807) is 19.4 Å². The lowest BCUT2D eigenvalue weighted by molar-refractivity contribution is -0.142. The van der Waals surface area contributed by atoms with Gasteiger partial charge >= 0.3 is 5.97 Å². The molecule has 1 N–H and O–H groups in total. The Kier molecular flexibility index (Phi) is 5.33. The van der Waals surface area contributed by atoms with E-state index in [1.165, 1.54) is 11.3 Å². The minimum Gasteiger partial charge on any atom is -0.497 e. The van der Waals surface area contributed by atoms with Gasteiger partial charge in [-0.15, -0.1) is 11.3 Å². The van der Waals surface area contributed by atoms with Crippen LogP contribution in [0.25, 0.3) is 0 Å². The summed E-state index contributed by atoms with van der Waals surface area (Å²) in [6, 6.07) is 7.81. The quantitative estimate of drug-likeness (QED) is 0.768. The van der Waals surface area contributed by atoms with Gasteiger partial charge in [-0.1, -0.05) is 12.1 Å². The fraction of sp³-hybridized carbons (Fsp3) is 0.389. The Labute approximate surface area is 150 Å². The zero-order valence-corrected chi connectivity index (χ0v) is 15.0. The van der Waals surface area contributed by atoms with E-state index in [0.717, 1.165) is 17.7 Å². The van der Waals surface area contributed by atoms with Crippen molar-refractivity contribution < 1.29 is 19.1 Å². The first-order valence-electron chi connectivity index (χ1n) is 8.15. The highest BCUT2D eigenvalue weighted by molar-refractivity contribution is 7.13. The molecule has 0 aliphatic heterocycles. The Bertz CT molecular complexity index is 774. The second-order valence-electron chi connectivity index (χ2n) is 5.84. The molecule has 0 spiro atoms. The standard InChI is InChI=1S/C18H20N2O4S/c1-3-24-16(21)8-12-10-25-18(19-12)20-17(22)15-9-14(15)11-5-4-6-13(7-11)23-2/h4-7,10,14-15H,3,8-9H2,1-2H3,(H,19,20,22). The van der Waals surface area contributed by atoms with Crippen LogP contribution in [0.1, 0.15) is 30.5 Å². The van der Waals surface area contributed by atoms with Crippen molar-refractivity contribution in [2.45, 2.75) is 25.7 Å². The Hall–Kier alpha value is -2.41. The van der Waals surface area contributed by atoms with Crippen LogP contribution in [0.3, 0.4) is 0 Å². The first-order valence-corrected chi connectivity index (χ1v) is 9.03. The number of hydrogen-bond donors (Lipinski definition) is 1. The molecule has 0 saturated heterocycles. The van der Waals surface area contributed by atoms with Gasteiger partial charge in [-0.25, -0.2) is 4.98 Å². The smallest absolute Gasteiger partial charge is 0.311 e. The molecule has 1 saturated carbocycles. The summed E-state index contributed by atoms with van der Waals surface area (Å²) in [6.45, 7) is 2.11. The van der Waals surface area contributed by atoms with E-state index >= 15 is 0 Å². The van der Waals surface area contributed by atoms with E-state index in [2.05, 4.69) is 10.3 Å². The molecule has 25 heavy (non-hydrogen) atoms. The second-order valence-corrected chi connectivity index (χ2v) is 6.70. The Morgan fingerprint density at radius 2 is 2.24 bits per heavy atom. The predicted octanol–water partition coefficient (Wildman–Crippen LogP) is 3.00. The fourth-order valence-corrected chi connectivity index (χ4v) is 3.44. The summed E-state index contributed by atoms with van der Waals surface area (Å²) in [5, 5.41) is 5.12. The minimum absolute atomic E-state index is 0.0372. The van der Waals surface area contributed by atoms with E-state index in [-0.39, 0.29) is 30.1 Å².